The van der Waals surface area contributed by atoms with Crippen molar-refractivity contribution in [2.24, 2.45) is 5.92 Å². The molecule has 0 saturated carbocycles. The van der Waals surface area contributed by atoms with Gasteiger partial charge in [0.2, 0.25) is 5.91 Å². The van der Waals surface area contributed by atoms with E-state index in [0.717, 1.165) is 19.3 Å². The highest BCUT2D eigenvalue weighted by atomic mass is 16.4. The van der Waals surface area contributed by atoms with Gasteiger partial charge in [-0.05, 0) is 18.8 Å². The fourth-order valence-corrected chi connectivity index (χ4v) is 2.13. The molecule has 1 fully saturated rings. The first-order valence-electron chi connectivity index (χ1n) is 6.04. The number of carboxylic acid groups (broad SMARTS) is 1. The van der Waals surface area contributed by atoms with Crippen LogP contribution in [-0.4, -0.2) is 34.5 Å². The van der Waals surface area contributed by atoms with Crippen LogP contribution in [0.1, 0.15) is 46.0 Å². The summed E-state index contributed by atoms with van der Waals surface area (Å²) >= 11 is 0. The first-order valence-corrected chi connectivity index (χ1v) is 6.04. The molecule has 92 valence electrons. The first kappa shape index (κ1) is 13.0. The van der Waals surface area contributed by atoms with Gasteiger partial charge in [0.15, 0.2) is 0 Å². The van der Waals surface area contributed by atoms with Crippen molar-refractivity contribution in [1.82, 2.24) is 4.90 Å². The molecule has 1 unspecified atom stereocenters. The van der Waals surface area contributed by atoms with E-state index in [9.17, 15) is 9.59 Å². The third-order valence-corrected chi connectivity index (χ3v) is 2.94. The second-order valence-corrected chi connectivity index (χ2v) is 4.89. The molecule has 1 amide bonds. The van der Waals surface area contributed by atoms with E-state index in [4.69, 9.17) is 5.11 Å². The lowest BCUT2D eigenvalue weighted by molar-refractivity contribution is -0.150. The molecule has 1 aliphatic rings. The number of hydrogen-bond acceptors (Lipinski definition) is 2. The zero-order chi connectivity index (χ0) is 12.1. The van der Waals surface area contributed by atoms with Gasteiger partial charge in [-0.15, -0.1) is 0 Å². The largest absolute Gasteiger partial charge is 0.480 e. The van der Waals surface area contributed by atoms with Crippen LogP contribution in [0.4, 0.5) is 0 Å². The molecule has 1 rings (SSSR count). The third kappa shape index (κ3) is 3.51. The van der Waals surface area contributed by atoms with Crippen LogP contribution < -0.4 is 0 Å². The van der Waals surface area contributed by atoms with Crippen LogP contribution in [0.5, 0.6) is 0 Å². The third-order valence-electron chi connectivity index (χ3n) is 2.94. The Labute approximate surface area is 96.6 Å². The van der Waals surface area contributed by atoms with E-state index in [1.165, 1.54) is 0 Å². The molecule has 1 N–H and O–H groups in total. The average Bonchev–Trinajstić information content (AvgIpc) is 2.40. The fourth-order valence-electron chi connectivity index (χ4n) is 2.13. The molecule has 4 heteroatoms. The van der Waals surface area contributed by atoms with Crippen LogP contribution in [0.2, 0.25) is 0 Å². The molecule has 4 nitrogen and oxygen atoms in total. The summed E-state index contributed by atoms with van der Waals surface area (Å²) in [5, 5.41) is 9.12. The van der Waals surface area contributed by atoms with Gasteiger partial charge in [0.05, 0.1) is 0 Å². The lowest BCUT2D eigenvalue weighted by Crippen LogP contribution is -2.45. The molecular weight excluding hydrogens is 206 g/mol. The zero-order valence-electron chi connectivity index (χ0n) is 10.1. The summed E-state index contributed by atoms with van der Waals surface area (Å²) in [5.74, 6) is -0.589. The number of carbonyl (C=O) groups is 2. The Morgan fingerprint density at radius 3 is 2.56 bits per heavy atom. The van der Waals surface area contributed by atoms with Gasteiger partial charge in [-0.1, -0.05) is 26.7 Å². The van der Waals surface area contributed by atoms with Crippen LogP contribution in [-0.2, 0) is 9.59 Å². The van der Waals surface area contributed by atoms with E-state index in [2.05, 4.69) is 0 Å². The number of aliphatic carboxylic acids is 1. The minimum Gasteiger partial charge on any atom is -0.480 e. The van der Waals surface area contributed by atoms with Crippen molar-refractivity contribution in [3.8, 4) is 0 Å². The SMILES string of the molecule is CC(C)CC(=O)N1CCCCCC1C(=O)O. The fraction of sp³-hybridized carbons (Fsp3) is 0.833. The summed E-state index contributed by atoms with van der Waals surface area (Å²) in [7, 11) is 0. The summed E-state index contributed by atoms with van der Waals surface area (Å²) in [5.41, 5.74) is 0. The molecule has 0 radical (unpaired) electrons. The predicted molar refractivity (Wildman–Crippen MR) is 61.1 cm³/mol. The van der Waals surface area contributed by atoms with Gasteiger partial charge in [0, 0.05) is 13.0 Å². The summed E-state index contributed by atoms with van der Waals surface area (Å²) in [4.78, 5) is 24.6. The Morgan fingerprint density at radius 1 is 1.31 bits per heavy atom. The number of hydrogen-bond donors (Lipinski definition) is 1. The van der Waals surface area contributed by atoms with Gasteiger partial charge in [-0.2, -0.15) is 0 Å². The number of nitrogens with zero attached hydrogens (tertiary/aromatic N) is 1. The van der Waals surface area contributed by atoms with Crippen LogP contribution in [0.3, 0.4) is 0 Å². The standard InChI is InChI=1S/C12H21NO3/c1-9(2)8-11(14)13-7-5-3-4-6-10(13)12(15)16/h9-10H,3-8H2,1-2H3,(H,15,16). The maximum absolute atomic E-state index is 11.9. The normalized spacial score (nSPS) is 21.9. The summed E-state index contributed by atoms with van der Waals surface area (Å²) < 4.78 is 0. The van der Waals surface area contributed by atoms with Crippen LogP contribution >= 0.6 is 0 Å². The highest BCUT2D eigenvalue weighted by molar-refractivity contribution is 5.83. The van der Waals surface area contributed by atoms with E-state index >= 15 is 0 Å². The number of likely N-dealkylation sites (tertiary alicyclic amines) is 1. The molecule has 1 saturated heterocycles. The maximum atomic E-state index is 11.9. The molecule has 1 atom stereocenters. The first-order chi connectivity index (χ1) is 7.52. The maximum Gasteiger partial charge on any atom is 0.326 e. The summed E-state index contributed by atoms with van der Waals surface area (Å²) in [6.45, 7) is 4.56. The van der Waals surface area contributed by atoms with E-state index in [0.29, 0.717) is 19.4 Å². The summed E-state index contributed by atoms with van der Waals surface area (Å²) in [6, 6.07) is -0.603. The zero-order valence-corrected chi connectivity index (χ0v) is 10.1. The highest BCUT2D eigenvalue weighted by Crippen LogP contribution is 2.19. The summed E-state index contributed by atoms with van der Waals surface area (Å²) in [6.07, 6.45) is 3.90. The van der Waals surface area contributed by atoms with Crippen LogP contribution in [0, 0.1) is 5.92 Å². The number of carboxylic acids is 1. The van der Waals surface area contributed by atoms with Gasteiger partial charge in [-0.3, -0.25) is 4.79 Å². The molecule has 0 bridgehead atoms. The van der Waals surface area contributed by atoms with Crippen molar-refractivity contribution in [1.29, 1.82) is 0 Å². The van der Waals surface area contributed by atoms with Gasteiger partial charge >= 0.3 is 5.97 Å². The molecule has 1 heterocycles. The molecule has 0 spiro atoms. The van der Waals surface area contributed by atoms with E-state index in [1.54, 1.807) is 4.90 Å². The lowest BCUT2D eigenvalue weighted by Gasteiger charge is -2.27. The lowest BCUT2D eigenvalue weighted by atomic mass is 10.1. The molecule has 1 aliphatic heterocycles. The average molecular weight is 227 g/mol. The van der Waals surface area contributed by atoms with Crippen LogP contribution in [0.15, 0.2) is 0 Å². The van der Waals surface area contributed by atoms with Crippen molar-refractivity contribution < 1.29 is 14.7 Å². The minimum absolute atomic E-state index is 0.00991. The molecule has 0 aliphatic carbocycles. The number of carbonyl (C=O) groups excluding carboxylic acids is 1. The van der Waals surface area contributed by atoms with Crippen molar-refractivity contribution in [2.45, 2.75) is 52.0 Å². The Bertz CT molecular complexity index is 263. The van der Waals surface area contributed by atoms with Gasteiger partial charge in [0.25, 0.3) is 0 Å². The smallest absolute Gasteiger partial charge is 0.326 e. The Hall–Kier alpha value is -1.06. The molecule has 0 aromatic rings. The predicted octanol–water partition coefficient (Wildman–Crippen LogP) is 1.89. The second kappa shape index (κ2) is 5.87. The van der Waals surface area contributed by atoms with Gasteiger partial charge < -0.3 is 10.0 Å². The van der Waals surface area contributed by atoms with E-state index in [-0.39, 0.29) is 11.8 Å². The Morgan fingerprint density at radius 2 is 2.00 bits per heavy atom. The number of rotatable bonds is 3. The molecular formula is C12H21NO3. The molecule has 0 aromatic carbocycles. The van der Waals surface area contributed by atoms with Crippen molar-refractivity contribution in [2.75, 3.05) is 6.54 Å². The van der Waals surface area contributed by atoms with Gasteiger partial charge in [-0.25, -0.2) is 4.79 Å². The van der Waals surface area contributed by atoms with Crippen LogP contribution in [0.25, 0.3) is 0 Å². The monoisotopic (exact) mass is 227 g/mol. The van der Waals surface area contributed by atoms with Crippen molar-refractivity contribution in [3.63, 3.8) is 0 Å². The second-order valence-electron chi connectivity index (χ2n) is 4.89. The van der Waals surface area contributed by atoms with Gasteiger partial charge in [0.1, 0.15) is 6.04 Å². The Kier molecular flexibility index (Phi) is 4.77. The van der Waals surface area contributed by atoms with Crippen molar-refractivity contribution >= 4 is 11.9 Å². The quantitative estimate of drug-likeness (QED) is 0.801. The highest BCUT2D eigenvalue weighted by Gasteiger charge is 2.30. The Balaban J connectivity index is 2.70. The topological polar surface area (TPSA) is 57.6 Å². The van der Waals surface area contributed by atoms with E-state index < -0.39 is 12.0 Å². The minimum atomic E-state index is -0.862. The molecule has 16 heavy (non-hydrogen) atoms. The molecule has 0 aromatic heterocycles. The number of amides is 1. The van der Waals surface area contributed by atoms with E-state index in [1.807, 2.05) is 13.8 Å². The van der Waals surface area contributed by atoms with Crippen molar-refractivity contribution in [3.05, 3.63) is 0 Å².